The molecule has 20 heavy (non-hydrogen) atoms. The second-order valence-electron chi connectivity index (χ2n) is 4.44. The van der Waals surface area contributed by atoms with Crippen molar-refractivity contribution in [2.45, 2.75) is 13.0 Å². The molecular weight excluding hydrogens is 318 g/mol. The van der Waals surface area contributed by atoms with Crippen LogP contribution in [0.5, 0.6) is 0 Å². The van der Waals surface area contributed by atoms with Crippen LogP contribution >= 0.6 is 15.9 Å². The molecule has 0 saturated carbocycles. The van der Waals surface area contributed by atoms with Crippen molar-refractivity contribution in [1.29, 1.82) is 0 Å². The molecular formula is C15H16BrN3O. The minimum Gasteiger partial charge on any atom is -0.325 e. The number of anilines is 1. The van der Waals surface area contributed by atoms with E-state index in [0.29, 0.717) is 0 Å². The first-order chi connectivity index (χ1) is 9.65. The molecule has 2 aromatic rings. The van der Waals surface area contributed by atoms with Crippen molar-refractivity contribution in [2.75, 3.05) is 11.9 Å². The van der Waals surface area contributed by atoms with Gasteiger partial charge in [-0.3, -0.25) is 9.78 Å². The number of pyridine rings is 1. The molecule has 0 aliphatic rings. The highest BCUT2D eigenvalue weighted by molar-refractivity contribution is 9.10. The topological polar surface area (TPSA) is 54.0 Å². The Hall–Kier alpha value is -1.72. The first-order valence-electron chi connectivity index (χ1n) is 6.34. The molecule has 1 amide bonds. The monoisotopic (exact) mass is 333 g/mol. The number of nitrogens with one attached hydrogen (secondary N) is 2. The van der Waals surface area contributed by atoms with E-state index in [1.54, 1.807) is 12.4 Å². The zero-order valence-electron chi connectivity index (χ0n) is 11.1. The molecule has 0 aliphatic carbocycles. The molecule has 104 valence electrons. The Morgan fingerprint density at radius 3 is 2.75 bits per heavy atom. The van der Waals surface area contributed by atoms with Gasteiger partial charge >= 0.3 is 0 Å². The Kier molecular flexibility index (Phi) is 5.26. The minimum absolute atomic E-state index is 0.0657. The van der Waals surface area contributed by atoms with E-state index in [0.717, 1.165) is 15.7 Å². The number of aromatic nitrogens is 1. The SMILES string of the molecule is CC(NCC(=O)Nc1cccc(Br)c1)c1ccncc1. The quantitative estimate of drug-likeness (QED) is 0.883. The standard InChI is InChI=1S/C15H16BrN3O/c1-11(12-5-7-17-8-6-12)18-10-15(20)19-14-4-2-3-13(16)9-14/h2-9,11,18H,10H2,1H3,(H,19,20). The van der Waals surface area contributed by atoms with Crippen LogP contribution in [0.3, 0.4) is 0 Å². The van der Waals surface area contributed by atoms with Crippen LogP contribution in [-0.2, 0) is 4.79 Å². The summed E-state index contributed by atoms with van der Waals surface area (Å²) < 4.78 is 0.938. The van der Waals surface area contributed by atoms with Gasteiger partial charge in [0.15, 0.2) is 0 Å². The molecule has 1 unspecified atom stereocenters. The average molecular weight is 334 g/mol. The van der Waals surface area contributed by atoms with Crippen molar-refractivity contribution in [3.05, 3.63) is 58.8 Å². The number of nitrogens with zero attached hydrogens (tertiary/aromatic N) is 1. The molecule has 0 bridgehead atoms. The van der Waals surface area contributed by atoms with Crippen molar-refractivity contribution >= 4 is 27.5 Å². The fraction of sp³-hybridized carbons (Fsp3) is 0.200. The van der Waals surface area contributed by atoms with E-state index >= 15 is 0 Å². The zero-order valence-corrected chi connectivity index (χ0v) is 12.7. The number of benzene rings is 1. The smallest absolute Gasteiger partial charge is 0.238 e. The number of carbonyl (C=O) groups excluding carboxylic acids is 1. The maximum Gasteiger partial charge on any atom is 0.238 e. The molecule has 0 aliphatic heterocycles. The summed E-state index contributed by atoms with van der Waals surface area (Å²) in [6.45, 7) is 2.28. The molecule has 1 atom stereocenters. The molecule has 0 spiro atoms. The summed E-state index contributed by atoms with van der Waals surface area (Å²) in [5.41, 5.74) is 1.89. The number of rotatable bonds is 5. The predicted molar refractivity (Wildman–Crippen MR) is 83.4 cm³/mol. The van der Waals surface area contributed by atoms with Gasteiger partial charge in [0.25, 0.3) is 0 Å². The Balaban J connectivity index is 1.83. The third-order valence-corrected chi connectivity index (χ3v) is 3.38. The van der Waals surface area contributed by atoms with E-state index in [4.69, 9.17) is 0 Å². The summed E-state index contributed by atoms with van der Waals surface area (Å²) >= 11 is 3.37. The van der Waals surface area contributed by atoms with Crippen molar-refractivity contribution in [3.63, 3.8) is 0 Å². The van der Waals surface area contributed by atoms with E-state index in [1.807, 2.05) is 43.3 Å². The van der Waals surface area contributed by atoms with Crippen molar-refractivity contribution in [1.82, 2.24) is 10.3 Å². The number of carbonyl (C=O) groups is 1. The highest BCUT2D eigenvalue weighted by Gasteiger charge is 2.07. The summed E-state index contributed by atoms with van der Waals surface area (Å²) in [4.78, 5) is 15.8. The summed E-state index contributed by atoms with van der Waals surface area (Å²) in [7, 11) is 0. The first kappa shape index (κ1) is 14.7. The third-order valence-electron chi connectivity index (χ3n) is 2.88. The van der Waals surface area contributed by atoms with E-state index in [2.05, 4.69) is 31.5 Å². The van der Waals surface area contributed by atoms with Crippen LogP contribution in [0.4, 0.5) is 5.69 Å². The lowest BCUT2D eigenvalue weighted by Gasteiger charge is -2.14. The molecule has 0 fully saturated rings. The van der Waals surface area contributed by atoms with E-state index < -0.39 is 0 Å². The molecule has 1 aromatic carbocycles. The molecule has 2 N–H and O–H groups in total. The van der Waals surface area contributed by atoms with E-state index in [-0.39, 0.29) is 18.5 Å². The van der Waals surface area contributed by atoms with Gasteiger partial charge in [-0.05, 0) is 42.8 Å². The number of hydrogen-bond donors (Lipinski definition) is 2. The zero-order chi connectivity index (χ0) is 14.4. The van der Waals surface area contributed by atoms with Gasteiger partial charge in [0.2, 0.25) is 5.91 Å². The lowest BCUT2D eigenvalue weighted by Crippen LogP contribution is -2.30. The molecule has 5 heteroatoms. The van der Waals surface area contributed by atoms with Crippen LogP contribution < -0.4 is 10.6 Å². The van der Waals surface area contributed by atoms with Crippen LogP contribution in [0.2, 0.25) is 0 Å². The van der Waals surface area contributed by atoms with Gasteiger partial charge in [-0.1, -0.05) is 22.0 Å². The first-order valence-corrected chi connectivity index (χ1v) is 7.13. The highest BCUT2D eigenvalue weighted by Crippen LogP contribution is 2.15. The van der Waals surface area contributed by atoms with Crippen LogP contribution in [-0.4, -0.2) is 17.4 Å². The van der Waals surface area contributed by atoms with Gasteiger partial charge in [0.1, 0.15) is 0 Å². The van der Waals surface area contributed by atoms with Gasteiger partial charge < -0.3 is 10.6 Å². The number of amides is 1. The van der Waals surface area contributed by atoms with Crippen molar-refractivity contribution in [3.8, 4) is 0 Å². The Morgan fingerprint density at radius 1 is 1.30 bits per heavy atom. The maximum absolute atomic E-state index is 11.9. The minimum atomic E-state index is -0.0657. The number of hydrogen-bond acceptors (Lipinski definition) is 3. The third kappa shape index (κ3) is 4.43. The molecule has 0 saturated heterocycles. The predicted octanol–water partition coefficient (Wildman–Crippen LogP) is 3.13. The average Bonchev–Trinajstić information content (AvgIpc) is 2.46. The van der Waals surface area contributed by atoms with E-state index in [1.165, 1.54) is 0 Å². The Labute approximate surface area is 126 Å². The fourth-order valence-corrected chi connectivity index (χ4v) is 2.19. The van der Waals surface area contributed by atoms with Gasteiger partial charge in [0.05, 0.1) is 6.54 Å². The molecule has 2 rings (SSSR count). The van der Waals surface area contributed by atoms with Crippen LogP contribution in [0.25, 0.3) is 0 Å². The molecule has 1 aromatic heterocycles. The normalized spacial score (nSPS) is 11.9. The van der Waals surface area contributed by atoms with Crippen LogP contribution in [0, 0.1) is 0 Å². The summed E-state index contributed by atoms with van der Waals surface area (Å²) in [6.07, 6.45) is 3.49. The van der Waals surface area contributed by atoms with Crippen LogP contribution in [0.15, 0.2) is 53.3 Å². The highest BCUT2D eigenvalue weighted by atomic mass is 79.9. The maximum atomic E-state index is 11.9. The fourth-order valence-electron chi connectivity index (χ4n) is 1.79. The van der Waals surface area contributed by atoms with Crippen LogP contribution in [0.1, 0.15) is 18.5 Å². The van der Waals surface area contributed by atoms with Gasteiger partial charge in [-0.15, -0.1) is 0 Å². The Morgan fingerprint density at radius 2 is 2.05 bits per heavy atom. The van der Waals surface area contributed by atoms with E-state index in [9.17, 15) is 4.79 Å². The number of halogens is 1. The van der Waals surface area contributed by atoms with Crippen molar-refractivity contribution in [2.24, 2.45) is 0 Å². The van der Waals surface area contributed by atoms with Gasteiger partial charge in [-0.2, -0.15) is 0 Å². The van der Waals surface area contributed by atoms with Crippen molar-refractivity contribution < 1.29 is 4.79 Å². The second-order valence-corrected chi connectivity index (χ2v) is 5.36. The summed E-state index contributed by atoms with van der Waals surface area (Å²) in [5.74, 6) is -0.0657. The Bertz CT molecular complexity index is 574. The lowest BCUT2D eigenvalue weighted by atomic mass is 10.1. The largest absolute Gasteiger partial charge is 0.325 e. The second kappa shape index (κ2) is 7.17. The molecule has 1 heterocycles. The lowest BCUT2D eigenvalue weighted by molar-refractivity contribution is -0.115. The van der Waals surface area contributed by atoms with Gasteiger partial charge in [0, 0.05) is 28.6 Å². The summed E-state index contributed by atoms with van der Waals surface area (Å²) in [5, 5.41) is 6.03. The summed E-state index contributed by atoms with van der Waals surface area (Å²) in [6, 6.07) is 11.5. The van der Waals surface area contributed by atoms with Gasteiger partial charge in [-0.25, -0.2) is 0 Å². The molecule has 0 radical (unpaired) electrons. The molecule has 4 nitrogen and oxygen atoms in total.